The van der Waals surface area contributed by atoms with Gasteiger partial charge in [0, 0.05) is 18.6 Å². The average molecular weight is 289 g/mol. The largest absolute Gasteiger partial charge is 0.480 e. The second kappa shape index (κ2) is 5.95. The van der Waals surface area contributed by atoms with Gasteiger partial charge in [0.2, 0.25) is 0 Å². The van der Waals surface area contributed by atoms with Crippen LogP contribution in [0.15, 0.2) is 24.7 Å². The molecule has 0 aromatic carbocycles. The van der Waals surface area contributed by atoms with Crippen LogP contribution in [-0.4, -0.2) is 32.4 Å². The molecule has 2 aromatic heterocycles. The van der Waals surface area contributed by atoms with E-state index in [4.69, 9.17) is 0 Å². The number of carbonyl (C=O) groups is 2. The SMILES string of the molecule is Cc1cc(C(=O)N[C@H](CC(C)C)C(=O)O)c2nccn2c1. The van der Waals surface area contributed by atoms with Crippen LogP contribution < -0.4 is 5.32 Å². The molecule has 6 nitrogen and oxygen atoms in total. The third-order valence-corrected chi connectivity index (χ3v) is 3.18. The van der Waals surface area contributed by atoms with Gasteiger partial charge >= 0.3 is 5.97 Å². The average Bonchev–Trinajstić information content (AvgIpc) is 2.83. The van der Waals surface area contributed by atoms with Crippen LogP contribution in [0.4, 0.5) is 0 Å². The minimum absolute atomic E-state index is 0.176. The fourth-order valence-electron chi connectivity index (χ4n) is 2.27. The van der Waals surface area contributed by atoms with E-state index in [0.29, 0.717) is 17.6 Å². The highest BCUT2D eigenvalue weighted by molar-refractivity contribution is 6.01. The number of pyridine rings is 1. The second-order valence-corrected chi connectivity index (χ2v) is 5.58. The van der Waals surface area contributed by atoms with Crippen molar-refractivity contribution in [2.24, 2.45) is 5.92 Å². The molecule has 0 aliphatic carbocycles. The van der Waals surface area contributed by atoms with E-state index < -0.39 is 17.9 Å². The molecule has 0 bridgehead atoms. The molecule has 0 unspecified atom stereocenters. The zero-order chi connectivity index (χ0) is 15.6. The first-order valence-electron chi connectivity index (χ1n) is 6.85. The number of carbonyl (C=O) groups excluding carboxylic acids is 1. The smallest absolute Gasteiger partial charge is 0.326 e. The second-order valence-electron chi connectivity index (χ2n) is 5.58. The first kappa shape index (κ1) is 15.0. The highest BCUT2D eigenvalue weighted by atomic mass is 16.4. The Labute approximate surface area is 122 Å². The normalized spacial score (nSPS) is 12.6. The summed E-state index contributed by atoms with van der Waals surface area (Å²) in [6, 6.07) is 0.819. The zero-order valence-electron chi connectivity index (χ0n) is 12.3. The van der Waals surface area contributed by atoms with Gasteiger partial charge in [0.1, 0.15) is 11.7 Å². The van der Waals surface area contributed by atoms with Gasteiger partial charge in [0.15, 0.2) is 0 Å². The van der Waals surface area contributed by atoms with Crippen molar-refractivity contribution >= 4 is 17.5 Å². The predicted octanol–water partition coefficient (Wildman–Crippen LogP) is 1.87. The lowest BCUT2D eigenvalue weighted by molar-refractivity contribution is -0.139. The van der Waals surface area contributed by atoms with Gasteiger partial charge in [-0.2, -0.15) is 0 Å². The number of nitrogens with one attached hydrogen (secondary N) is 1. The Balaban J connectivity index is 2.29. The van der Waals surface area contributed by atoms with Crippen LogP contribution in [0, 0.1) is 12.8 Å². The summed E-state index contributed by atoms with van der Waals surface area (Å²) < 4.78 is 1.75. The topological polar surface area (TPSA) is 83.7 Å². The molecule has 0 spiro atoms. The molecule has 1 amide bonds. The number of rotatable bonds is 5. The maximum absolute atomic E-state index is 12.4. The fraction of sp³-hybridized carbons (Fsp3) is 0.400. The Kier molecular flexibility index (Phi) is 4.26. The molecule has 2 aromatic rings. The molecule has 21 heavy (non-hydrogen) atoms. The first-order chi connectivity index (χ1) is 9.88. The molecule has 0 fully saturated rings. The van der Waals surface area contributed by atoms with E-state index in [-0.39, 0.29) is 5.92 Å². The number of fused-ring (bicyclic) bond motifs is 1. The van der Waals surface area contributed by atoms with Crippen LogP contribution in [0.3, 0.4) is 0 Å². The molecule has 0 saturated heterocycles. The lowest BCUT2D eigenvalue weighted by Gasteiger charge is -2.16. The van der Waals surface area contributed by atoms with E-state index in [1.165, 1.54) is 0 Å². The highest BCUT2D eigenvalue weighted by Crippen LogP contribution is 2.13. The van der Waals surface area contributed by atoms with Crippen LogP contribution >= 0.6 is 0 Å². The maximum atomic E-state index is 12.4. The van der Waals surface area contributed by atoms with Crippen molar-refractivity contribution in [2.45, 2.75) is 33.2 Å². The molecule has 2 heterocycles. The van der Waals surface area contributed by atoms with Crippen LogP contribution in [0.25, 0.3) is 5.65 Å². The van der Waals surface area contributed by atoms with Crippen molar-refractivity contribution in [3.8, 4) is 0 Å². The maximum Gasteiger partial charge on any atom is 0.326 e. The molecule has 6 heteroatoms. The van der Waals surface area contributed by atoms with E-state index in [9.17, 15) is 14.7 Å². The summed E-state index contributed by atoms with van der Waals surface area (Å²) in [6.07, 6.45) is 5.61. The van der Waals surface area contributed by atoms with Crippen LogP contribution in [0.5, 0.6) is 0 Å². The number of carboxylic acids is 1. The molecule has 0 radical (unpaired) electrons. The summed E-state index contributed by atoms with van der Waals surface area (Å²) in [6.45, 7) is 5.71. The predicted molar refractivity (Wildman–Crippen MR) is 78.3 cm³/mol. The van der Waals surface area contributed by atoms with Gasteiger partial charge in [-0.3, -0.25) is 4.79 Å². The Hall–Kier alpha value is -2.37. The monoisotopic (exact) mass is 289 g/mol. The van der Waals surface area contributed by atoms with Crippen molar-refractivity contribution in [1.29, 1.82) is 0 Å². The molecule has 2 N–H and O–H groups in total. The Bertz CT molecular complexity index is 676. The van der Waals surface area contributed by atoms with E-state index in [2.05, 4.69) is 10.3 Å². The number of aryl methyl sites for hydroxylation is 1. The third-order valence-electron chi connectivity index (χ3n) is 3.18. The van der Waals surface area contributed by atoms with Gasteiger partial charge in [-0.15, -0.1) is 0 Å². The quantitative estimate of drug-likeness (QED) is 0.880. The Morgan fingerprint density at radius 2 is 2.14 bits per heavy atom. The summed E-state index contributed by atoms with van der Waals surface area (Å²) >= 11 is 0. The summed E-state index contributed by atoms with van der Waals surface area (Å²) in [7, 11) is 0. The third kappa shape index (κ3) is 3.39. The molecular weight excluding hydrogens is 270 g/mol. The number of nitrogens with zero attached hydrogens (tertiary/aromatic N) is 2. The van der Waals surface area contributed by atoms with Gasteiger partial charge in [0.05, 0.1) is 5.56 Å². The van der Waals surface area contributed by atoms with Crippen molar-refractivity contribution in [2.75, 3.05) is 0 Å². The van der Waals surface area contributed by atoms with Gasteiger partial charge in [-0.25, -0.2) is 9.78 Å². The lowest BCUT2D eigenvalue weighted by atomic mass is 10.0. The number of hydrogen-bond donors (Lipinski definition) is 2. The molecule has 0 saturated carbocycles. The number of amides is 1. The van der Waals surface area contributed by atoms with Crippen LogP contribution in [0.1, 0.15) is 36.2 Å². The number of imidazole rings is 1. The minimum Gasteiger partial charge on any atom is -0.480 e. The Morgan fingerprint density at radius 1 is 1.43 bits per heavy atom. The molecule has 2 rings (SSSR count). The van der Waals surface area contributed by atoms with Gasteiger partial charge in [0.25, 0.3) is 5.91 Å². The van der Waals surface area contributed by atoms with E-state index in [1.807, 2.05) is 27.0 Å². The number of aromatic nitrogens is 2. The lowest BCUT2D eigenvalue weighted by Crippen LogP contribution is -2.41. The number of carboxylic acid groups (broad SMARTS) is 1. The van der Waals surface area contributed by atoms with Crippen molar-refractivity contribution in [3.63, 3.8) is 0 Å². The van der Waals surface area contributed by atoms with E-state index in [1.54, 1.807) is 22.9 Å². The van der Waals surface area contributed by atoms with Gasteiger partial charge in [-0.05, 0) is 30.9 Å². The van der Waals surface area contributed by atoms with Crippen molar-refractivity contribution < 1.29 is 14.7 Å². The zero-order valence-corrected chi connectivity index (χ0v) is 12.3. The van der Waals surface area contributed by atoms with Crippen LogP contribution in [0.2, 0.25) is 0 Å². The summed E-state index contributed by atoms with van der Waals surface area (Å²) in [5.74, 6) is -1.26. The van der Waals surface area contributed by atoms with Gasteiger partial charge in [-0.1, -0.05) is 13.8 Å². The molecule has 0 aliphatic heterocycles. The molecule has 112 valence electrons. The highest BCUT2D eigenvalue weighted by Gasteiger charge is 2.23. The summed E-state index contributed by atoms with van der Waals surface area (Å²) in [4.78, 5) is 27.8. The summed E-state index contributed by atoms with van der Waals surface area (Å²) in [5.41, 5.74) is 1.81. The minimum atomic E-state index is -1.02. The first-order valence-corrected chi connectivity index (χ1v) is 6.85. The number of hydrogen-bond acceptors (Lipinski definition) is 3. The van der Waals surface area contributed by atoms with Crippen LogP contribution in [-0.2, 0) is 4.79 Å². The number of aliphatic carboxylic acids is 1. The molecule has 0 aliphatic rings. The van der Waals surface area contributed by atoms with E-state index >= 15 is 0 Å². The van der Waals surface area contributed by atoms with Crippen molar-refractivity contribution in [3.05, 3.63) is 35.8 Å². The van der Waals surface area contributed by atoms with Crippen molar-refractivity contribution in [1.82, 2.24) is 14.7 Å². The fourth-order valence-corrected chi connectivity index (χ4v) is 2.27. The van der Waals surface area contributed by atoms with Gasteiger partial charge < -0.3 is 14.8 Å². The summed E-state index contributed by atoms with van der Waals surface area (Å²) in [5, 5.41) is 11.8. The van der Waals surface area contributed by atoms with E-state index in [0.717, 1.165) is 5.56 Å². The molecular formula is C15H19N3O3. The molecule has 1 atom stereocenters. The Morgan fingerprint density at radius 3 is 2.76 bits per heavy atom. The standard InChI is InChI=1S/C15H19N3O3/c1-9(2)6-12(15(20)21)17-14(19)11-7-10(3)8-18-5-4-16-13(11)18/h4-5,7-9,12H,6H2,1-3H3,(H,17,19)(H,20,21)/t12-/m1/s1.